The Kier molecular flexibility index (Phi) is 6.83. The molecule has 0 saturated carbocycles. The van der Waals surface area contributed by atoms with Crippen molar-refractivity contribution >= 4 is 54.0 Å². The fourth-order valence-corrected chi connectivity index (χ4v) is 8.01. The number of fused-ring (bicyclic) bond motifs is 1. The first kappa shape index (κ1) is 23.9. The third-order valence-electron chi connectivity index (χ3n) is 5.95. The van der Waals surface area contributed by atoms with Gasteiger partial charge in [-0.25, -0.2) is 13.4 Å². The molecule has 0 bridgehead atoms. The van der Waals surface area contributed by atoms with Crippen molar-refractivity contribution in [3.8, 4) is 5.75 Å². The van der Waals surface area contributed by atoms with E-state index in [1.165, 1.54) is 15.6 Å². The Hall–Kier alpha value is -2.86. The Morgan fingerprint density at radius 1 is 1.20 bits per heavy atom. The number of nitrogens with zero attached hydrogens (tertiary/aromatic N) is 4. The molecule has 1 fully saturated rings. The topological polar surface area (TPSA) is 92.7 Å². The second-order valence-electron chi connectivity index (χ2n) is 8.15. The van der Waals surface area contributed by atoms with Crippen molar-refractivity contribution in [1.29, 1.82) is 0 Å². The molecule has 0 spiro atoms. The van der Waals surface area contributed by atoms with Crippen LogP contribution in [0.5, 0.6) is 5.75 Å². The van der Waals surface area contributed by atoms with Crippen molar-refractivity contribution < 1.29 is 17.9 Å². The van der Waals surface area contributed by atoms with Gasteiger partial charge in [0.2, 0.25) is 5.91 Å². The first-order valence-corrected chi connectivity index (χ1v) is 14.3. The number of rotatable bonds is 7. The molecule has 1 saturated heterocycles. The van der Waals surface area contributed by atoms with Gasteiger partial charge >= 0.3 is 0 Å². The molecule has 0 aliphatic carbocycles. The van der Waals surface area contributed by atoms with Gasteiger partial charge in [0.15, 0.2) is 5.13 Å². The maximum atomic E-state index is 14.1. The molecular formula is C24H24N4O4S3. The van der Waals surface area contributed by atoms with Gasteiger partial charge in [0.1, 0.15) is 21.5 Å². The number of benzene rings is 1. The van der Waals surface area contributed by atoms with Crippen molar-refractivity contribution in [3.63, 3.8) is 0 Å². The smallest absolute Gasteiger partial charge is 0.253 e. The highest BCUT2D eigenvalue weighted by molar-refractivity contribution is 7.91. The first-order valence-electron chi connectivity index (χ1n) is 11.2. The van der Waals surface area contributed by atoms with Crippen LogP contribution in [0.2, 0.25) is 0 Å². The lowest BCUT2D eigenvalue weighted by atomic mass is 10.0. The van der Waals surface area contributed by atoms with Crippen LogP contribution in [0.25, 0.3) is 10.2 Å². The lowest BCUT2D eigenvalue weighted by Crippen LogP contribution is -2.52. The predicted molar refractivity (Wildman–Crippen MR) is 137 cm³/mol. The summed E-state index contributed by atoms with van der Waals surface area (Å²) in [7, 11) is -2.20. The van der Waals surface area contributed by atoms with E-state index < -0.39 is 16.1 Å². The number of thiophene rings is 1. The Bertz CT molecular complexity index is 1420. The fraction of sp³-hybridized carbons (Fsp3) is 0.292. The molecule has 35 heavy (non-hydrogen) atoms. The molecule has 1 aliphatic rings. The summed E-state index contributed by atoms with van der Waals surface area (Å²) >= 11 is 2.55. The summed E-state index contributed by atoms with van der Waals surface area (Å²) in [6.45, 7) is 0.545. The minimum absolute atomic E-state index is 0.234. The van der Waals surface area contributed by atoms with Crippen LogP contribution in [0.3, 0.4) is 0 Å². The van der Waals surface area contributed by atoms with Gasteiger partial charge in [0.25, 0.3) is 10.0 Å². The number of amides is 1. The number of hydrogen-bond donors (Lipinski definition) is 0. The van der Waals surface area contributed by atoms with Gasteiger partial charge in [-0.05, 0) is 48.1 Å². The van der Waals surface area contributed by atoms with Crippen LogP contribution in [-0.4, -0.2) is 48.3 Å². The largest absolute Gasteiger partial charge is 0.494 e. The molecule has 0 N–H and O–H groups in total. The van der Waals surface area contributed by atoms with E-state index in [1.807, 2.05) is 30.3 Å². The van der Waals surface area contributed by atoms with Crippen molar-refractivity contribution in [1.82, 2.24) is 14.3 Å². The molecule has 8 nitrogen and oxygen atoms in total. The van der Waals surface area contributed by atoms with E-state index in [0.29, 0.717) is 29.4 Å². The number of thiazole rings is 1. The highest BCUT2D eigenvalue weighted by Crippen LogP contribution is 2.36. The predicted octanol–water partition coefficient (Wildman–Crippen LogP) is 4.54. The normalized spacial score (nSPS) is 16.9. The van der Waals surface area contributed by atoms with Crippen LogP contribution < -0.4 is 9.64 Å². The van der Waals surface area contributed by atoms with E-state index in [-0.39, 0.29) is 16.7 Å². The minimum Gasteiger partial charge on any atom is -0.494 e. The summed E-state index contributed by atoms with van der Waals surface area (Å²) < 4.78 is 34.8. The van der Waals surface area contributed by atoms with Gasteiger partial charge in [0, 0.05) is 18.9 Å². The summed E-state index contributed by atoms with van der Waals surface area (Å²) in [5.41, 5.74) is 1.50. The Morgan fingerprint density at radius 2 is 2.09 bits per heavy atom. The van der Waals surface area contributed by atoms with Crippen molar-refractivity contribution in [3.05, 3.63) is 65.8 Å². The van der Waals surface area contributed by atoms with E-state index in [2.05, 4.69) is 4.98 Å². The second-order valence-corrected chi connectivity index (χ2v) is 12.2. The molecule has 1 amide bonds. The SMILES string of the molecule is COc1cccc2sc(N(Cc3cccnc3)C(=O)C3CCCCN3S(=O)(=O)c3cccs3)nc12. The lowest BCUT2D eigenvalue weighted by molar-refractivity contribution is -0.123. The molecule has 11 heteroatoms. The molecule has 4 aromatic rings. The van der Waals surface area contributed by atoms with Gasteiger partial charge in [-0.2, -0.15) is 4.31 Å². The Morgan fingerprint density at radius 3 is 2.83 bits per heavy atom. The number of piperidine rings is 1. The van der Waals surface area contributed by atoms with E-state index in [4.69, 9.17) is 9.72 Å². The van der Waals surface area contributed by atoms with Crippen LogP contribution in [-0.2, 0) is 21.4 Å². The maximum Gasteiger partial charge on any atom is 0.253 e. The molecule has 1 atom stereocenters. The highest BCUT2D eigenvalue weighted by atomic mass is 32.2. The molecule has 0 radical (unpaired) electrons. The van der Waals surface area contributed by atoms with Gasteiger partial charge < -0.3 is 4.74 Å². The van der Waals surface area contributed by atoms with Gasteiger partial charge in [-0.3, -0.25) is 14.7 Å². The minimum atomic E-state index is -3.78. The average Bonchev–Trinajstić information content (AvgIpc) is 3.58. The van der Waals surface area contributed by atoms with E-state index in [0.717, 1.165) is 34.4 Å². The van der Waals surface area contributed by atoms with E-state index in [9.17, 15) is 13.2 Å². The Balaban J connectivity index is 1.56. The first-order chi connectivity index (χ1) is 17.0. The number of carbonyl (C=O) groups excluding carboxylic acids is 1. The van der Waals surface area contributed by atoms with Crippen molar-refractivity contribution in [2.75, 3.05) is 18.6 Å². The lowest BCUT2D eigenvalue weighted by Gasteiger charge is -2.35. The van der Waals surface area contributed by atoms with Crippen LogP contribution in [0.4, 0.5) is 5.13 Å². The number of pyridine rings is 1. The van der Waals surface area contributed by atoms with E-state index in [1.54, 1.807) is 41.9 Å². The molecule has 3 aromatic heterocycles. The molecule has 1 unspecified atom stereocenters. The fourth-order valence-electron chi connectivity index (χ4n) is 4.25. The number of hydrogen-bond acceptors (Lipinski definition) is 8. The average molecular weight is 529 g/mol. The zero-order valence-electron chi connectivity index (χ0n) is 19.0. The summed E-state index contributed by atoms with van der Waals surface area (Å²) in [6.07, 6.45) is 5.34. The maximum absolute atomic E-state index is 14.1. The van der Waals surface area contributed by atoms with Gasteiger partial charge in [-0.15, -0.1) is 11.3 Å². The van der Waals surface area contributed by atoms with Crippen LogP contribution in [0.1, 0.15) is 24.8 Å². The Labute approximate surface area is 211 Å². The van der Waals surface area contributed by atoms with Crippen molar-refractivity contribution in [2.45, 2.75) is 36.1 Å². The quantitative estimate of drug-likeness (QED) is 0.350. The van der Waals surface area contributed by atoms with Gasteiger partial charge in [0.05, 0.1) is 18.4 Å². The number of ether oxygens (including phenoxy) is 1. The van der Waals surface area contributed by atoms with Crippen molar-refractivity contribution in [2.24, 2.45) is 0 Å². The molecular weight excluding hydrogens is 504 g/mol. The summed E-state index contributed by atoms with van der Waals surface area (Å²) in [5, 5.41) is 2.23. The number of aromatic nitrogens is 2. The standard InChI is InChI=1S/C24H24N4O4S3/c1-32-19-9-4-10-20-22(19)26-24(34-20)27(16-17-7-5-12-25-15-17)23(29)18-8-2-3-13-28(18)35(30,31)21-11-6-14-33-21/h4-7,9-12,14-15,18H,2-3,8,13,16H2,1H3. The monoisotopic (exact) mass is 528 g/mol. The molecule has 1 aromatic carbocycles. The molecule has 5 rings (SSSR count). The van der Waals surface area contributed by atoms with Crippen LogP contribution >= 0.6 is 22.7 Å². The molecule has 4 heterocycles. The zero-order chi connectivity index (χ0) is 24.4. The van der Waals surface area contributed by atoms with Gasteiger partial charge in [-0.1, -0.05) is 36.0 Å². The number of anilines is 1. The van der Waals surface area contributed by atoms with Crippen LogP contribution in [0, 0.1) is 0 Å². The molecule has 1 aliphatic heterocycles. The summed E-state index contributed by atoms with van der Waals surface area (Å²) in [5.74, 6) is 0.338. The highest BCUT2D eigenvalue weighted by Gasteiger charge is 2.41. The number of para-hydroxylation sites is 1. The van der Waals surface area contributed by atoms with Crippen LogP contribution in [0.15, 0.2) is 64.4 Å². The number of methoxy groups -OCH3 is 1. The number of sulfonamides is 1. The number of carbonyl (C=O) groups is 1. The summed E-state index contributed by atoms with van der Waals surface area (Å²) in [6, 6.07) is 11.8. The molecule has 182 valence electrons. The third kappa shape index (κ3) is 4.68. The van der Waals surface area contributed by atoms with E-state index >= 15 is 0 Å². The summed E-state index contributed by atoms with van der Waals surface area (Å²) in [4.78, 5) is 24.6. The zero-order valence-corrected chi connectivity index (χ0v) is 21.5. The second kappa shape index (κ2) is 10.0. The third-order valence-corrected chi connectivity index (χ3v) is 10.3.